The molecule has 0 aliphatic carbocycles. The number of carboxylic acids is 1. The summed E-state index contributed by atoms with van der Waals surface area (Å²) in [7, 11) is 0. The molecule has 150 valence electrons. The van der Waals surface area contributed by atoms with E-state index in [0.29, 0.717) is 0 Å². The van der Waals surface area contributed by atoms with E-state index in [-0.39, 0.29) is 6.29 Å². The molecule has 0 spiro atoms. The fraction of sp³-hybridized carbons (Fsp3) is 0.833. The van der Waals surface area contributed by atoms with Crippen LogP contribution in [0.2, 0.25) is 0 Å². The van der Waals surface area contributed by atoms with E-state index >= 15 is 0 Å². The van der Waals surface area contributed by atoms with Crippen molar-refractivity contribution in [2.75, 3.05) is 13.2 Å². The van der Waals surface area contributed by atoms with Gasteiger partial charge in [-0.15, -0.1) is 0 Å². The molecule has 0 aliphatic heterocycles. The largest absolute Gasteiger partial charge is 0.479 e. The van der Waals surface area contributed by atoms with Gasteiger partial charge in [-0.2, -0.15) is 0 Å². The lowest BCUT2D eigenvalue weighted by atomic mass is 10.0. The van der Waals surface area contributed by atoms with Crippen molar-refractivity contribution in [3.63, 3.8) is 0 Å². The molecule has 0 aromatic heterocycles. The minimum absolute atomic E-state index is 0.0258. The van der Waals surface area contributed by atoms with Gasteiger partial charge >= 0.3 is 5.97 Å². The van der Waals surface area contributed by atoms with Gasteiger partial charge in [0.05, 0.1) is 13.2 Å². The number of aldehydes is 1. The summed E-state index contributed by atoms with van der Waals surface area (Å²) in [5.74, 6) is -1.73. The molecule has 11 N–H and O–H groups in total. The van der Waals surface area contributed by atoms with E-state index < -0.39 is 68.0 Å². The van der Waals surface area contributed by atoms with E-state index in [1.54, 1.807) is 0 Å². The van der Waals surface area contributed by atoms with Gasteiger partial charge in [-0.25, -0.2) is 4.79 Å². The van der Waals surface area contributed by atoms with Gasteiger partial charge in [-0.1, -0.05) is 0 Å². The van der Waals surface area contributed by atoms with Gasteiger partial charge < -0.3 is 61.0 Å². The monoisotopic (exact) mass is 376 g/mol. The number of aliphatic hydroxyl groups is 10. The Kier molecular flexibility index (Phi) is 13.5. The maximum absolute atomic E-state index is 10.1. The summed E-state index contributed by atoms with van der Waals surface area (Å²) in [6.45, 7) is -1.60. The fourth-order valence-electron chi connectivity index (χ4n) is 1.29. The predicted molar refractivity (Wildman–Crippen MR) is 75.9 cm³/mol. The van der Waals surface area contributed by atoms with Gasteiger partial charge in [0.1, 0.15) is 42.7 Å². The van der Waals surface area contributed by atoms with Gasteiger partial charge in [-0.3, -0.25) is 0 Å². The zero-order valence-corrected chi connectivity index (χ0v) is 12.8. The second kappa shape index (κ2) is 13.0. The van der Waals surface area contributed by atoms with Crippen LogP contribution in [0.5, 0.6) is 0 Å². The molecule has 0 aliphatic rings. The van der Waals surface area contributed by atoms with Crippen LogP contribution in [0.15, 0.2) is 0 Å². The highest BCUT2D eigenvalue weighted by Crippen LogP contribution is 2.05. The molecule has 0 saturated heterocycles. The molecule has 0 unspecified atom stereocenters. The normalized spacial score (nSPS) is 20.7. The molecule has 0 aromatic rings. The van der Waals surface area contributed by atoms with E-state index in [1.165, 1.54) is 0 Å². The average molecular weight is 376 g/mol. The number of carboxylic acid groups (broad SMARTS) is 1. The molecular formula is C12H24O13. The number of rotatable bonds is 10. The van der Waals surface area contributed by atoms with Crippen molar-refractivity contribution in [1.29, 1.82) is 0 Å². The fourth-order valence-corrected chi connectivity index (χ4v) is 1.29. The van der Waals surface area contributed by atoms with Crippen LogP contribution in [0.3, 0.4) is 0 Å². The smallest absolute Gasteiger partial charge is 0.335 e. The van der Waals surface area contributed by atoms with Gasteiger partial charge in [0, 0.05) is 0 Å². The number of aliphatic hydroxyl groups excluding tert-OH is 10. The lowest BCUT2D eigenvalue weighted by molar-refractivity contribution is -0.164. The summed E-state index contributed by atoms with van der Waals surface area (Å²) in [6.07, 6.45) is -14.7. The highest BCUT2D eigenvalue weighted by Gasteiger charge is 2.33. The first-order chi connectivity index (χ1) is 11.5. The van der Waals surface area contributed by atoms with Crippen LogP contribution >= 0.6 is 0 Å². The van der Waals surface area contributed by atoms with Crippen LogP contribution in [0.25, 0.3) is 0 Å². The summed E-state index contributed by atoms with van der Waals surface area (Å²) in [6, 6.07) is 0. The zero-order valence-electron chi connectivity index (χ0n) is 12.8. The Balaban J connectivity index is 0. The molecule has 0 heterocycles. The van der Waals surface area contributed by atoms with Crippen LogP contribution in [-0.2, 0) is 9.59 Å². The molecule has 25 heavy (non-hydrogen) atoms. The third-order valence-electron chi connectivity index (χ3n) is 2.93. The third kappa shape index (κ3) is 9.13. The van der Waals surface area contributed by atoms with E-state index in [1.807, 2.05) is 0 Å². The number of carbonyl (C=O) groups is 2. The van der Waals surface area contributed by atoms with Crippen LogP contribution in [0, 0.1) is 0 Å². The van der Waals surface area contributed by atoms with E-state index in [4.69, 9.17) is 56.2 Å². The molecule has 0 aromatic carbocycles. The van der Waals surface area contributed by atoms with Crippen LogP contribution in [0.1, 0.15) is 0 Å². The molecule has 0 bridgehead atoms. The number of aliphatic carboxylic acids is 1. The van der Waals surface area contributed by atoms with Gasteiger partial charge in [0.25, 0.3) is 0 Å². The molecule has 0 rings (SSSR count). The quantitative estimate of drug-likeness (QED) is 0.159. The van der Waals surface area contributed by atoms with Crippen molar-refractivity contribution in [2.45, 2.75) is 48.8 Å². The first-order valence-electron chi connectivity index (χ1n) is 6.80. The lowest BCUT2D eigenvalue weighted by Crippen LogP contribution is -2.48. The maximum Gasteiger partial charge on any atom is 0.335 e. The van der Waals surface area contributed by atoms with Crippen LogP contribution in [0.4, 0.5) is 0 Å². The number of carbonyl (C=O) groups excluding carboxylic acids is 1. The minimum atomic E-state index is -2.20. The zero-order chi connectivity index (χ0) is 20.3. The Morgan fingerprint density at radius 2 is 1.08 bits per heavy atom. The van der Waals surface area contributed by atoms with Crippen molar-refractivity contribution in [3.05, 3.63) is 0 Å². The average Bonchev–Trinajstić information content (AvgIpc) is 2.62. The van der Waals surface area contributed by atoms with Gasteiger partial charge in [-0.05, 0) is 0 Å². The van der Waals surface area contributed by atoms with E-state index in [0.717, 1.165) is 0 Å². The summed E-state index contributed by atoms with van der Waals surface area (Å²) in [5, 5.41) is 95.4. The van der Waals surface area contributed by atoms with Crippen molar-refractivity contribution in [3.8, 4) is 0 Å². The Morgan fingerprint density at radius 1 is 0.720 bits per heavy atom. The SMILES string of the molecule is O=C(O)[C@H](O)[C@H](O)[C@@H](O)[C@@H](O)CO.O=C[C@H](O)[C@H](O)[C@@H](O)[C@@H](O)CO. The van der Waals surface area contributed by atoms with Crippen molar-refractivity contribution in [2.24, 2.45) is 0 Å². The van der Waals surface area contributed by atoms with Gasteiger partial charge in [0.15, 0.2) is 12.4 Å². The van der Waals surface area contributed by atoms with Crippen LogP contribution in [-0.4, -0.2) is 130 Å². The second-order valence-corrected chi connectivity index (χ2v) is 4.87. The minimum Gasteiger partial charge on any atom is -0.479 e. The Hall–Kier alpha value is -1.26. The highest BCUT2D eigenvalue weighted by molar-refractivity contribution is 5.72. The molecule has 0 fully saturated rings. The second-order valence-electron chi connectivity index (χ2n) is 4.87. The Bertz CT molecular complexity index is 378. The number of hydrogen-bond acceptors (Lipinski definition) is 12. The summed E-state index contributed by atoms with van der Waals surface area (Å²) >= 11 is 0. The van der Waals surface area contributed by atoms with Gasteiger partial charge in [0.2, 0.25) is 0 Å². The van der Waals surface area contributed by atoms with Crippen molar-refractivity contribution in [1.82, 2.24) is 0 Å². The topological polar surface area (TPSA) is 257 Å². The number of hydrogen-bond donors (Lipinski definition) is 11. The van der Waals surface area contributed by atoms with Crippen LogP contribution < -0.4 is 0 Å². The molecular weight excluding hydrogens is 352 g/mol. The Labute approximate surface area is 141 Å². The van der Waals surface area contributed by atoms with E-state index in [2.05, 4.69) is 0 Å². The molecule has 13 heteroatoms. The molecule has 0 radical (unpaired) electrons. The standard InChI is InChI=1S/C6H12O7.C6H12O6/c7-1-2(8)3(9)4(10)5(11)6(12)13;7-1-3(9)5(11)6(12)4(10)2-8/h2-5,7-11H,1H2,(H,12,13);1,3-6,8-12H,2H2/t2-,3-,4+,5+;3-,4-,5-,6-/m00/s1. The summed E-state index contributed by atoms with van der Waals surface area (Å²) in [4.78, 5) is 20.0. The lowest BCUT2D eigenvalue weighted by Gasteiger charge is -2.23. The molecule has 0 amide bonds. The maximum atomic E-state index is 10.1. The predicted octanol–water partition coefficient (Wildman–Crippen LogP) is -6.87. The molecule has 8 atom stereocenters. The van der Waals surface area contributed by atoms with E-state index in [9.17, 15) is 9.59 Å². The third-order valence-corrected chi connectivity index (χ3v) is 2.93. The molecule has 0 saturated carbocycles. The highest BCUT2D eigenvalue weighted by atomic mass is 16.4. The first kappa shape index (κ1) is 26.0. The first-order valence-corrected chi connectivity index (χ1v) is 6.80. The summed E-state index contributed by atoms with van der Waals surface area (Å²) in [5.41, 5.74) is 0. The molecule has 13 nitrogen and oxygen atoms in total. The Morgan fingerprint density at radius 3 is 1.36 bits per heavy atom. The van der Waals surface area contributed by atoms with Crippen molar-refractivity contribution >= 4 is 12.3 Å². The summed E-state index contributed by atoms with van der Waals surface area (Å²) < 4.78 is 0. The van der Waals surface area contributed by atoms with Crippen molar-refractivity contribution < 1.29 is 65.8 Å².